The Hall–Kier alpha value is -2.52. The molecule has 1 N–H and O–H groups in total. The Labute approximate surface area is 130 Å². The lowest BCUT2D eigenvalue weighted by molar-refractivity contribution is -0.143. The van der Waals surface area contributed by atoms with Gasteiger partial charge in [-0.05, 0) is 32.0 Å². The smallest absolute Gasteiger partial charge is 0.295 e. The molecule has 2 aromatic rings. The minimum absolute atomic E-state index is 0.0403. The van der Waals surface area contributed by atoms with Crippen LogP contribution in [0.15, 0.2) is 23.0 Å². The predicted molar refractivity (Wildman–Crippen MR) is 71.1 cm³/mol. The van der Waals surface area contributed by atoms with Gasteiger partial charge >= 0.3 is 12.4 Å². The second-order valence-corrected chi connectivity index (χ2v) is 5.07. The number of ketones is 1. The Morgan fingerprint density at radius 3 is 1.79 bits per heavy atom. The van der Waals surface area contributed by atoms with Crippen LogP contribution < -0.4 is 5.56 Å². The molecule has 2 rings (SSSR count). The largest absolute Gasteiger partial charge is 0.416 e. The Kier molecular flexibility index (Phi) is 4.11. The van der Waals surface area contributed by atoms with Crippen LogP contribution >= 0.6 is 0 Å². The molecule has 0 aliphatic heterocycles. The van der Waals surface area contributed by atoms with Crippen molar-refractivity contribution in [1.82, 2.24) is 9.78 Å². The van der Waals surface area contributed by atoms with Crippen LogP contribution in [-0.4, -0.2) is 15.6 Å². The van der Waals surface area contributed by atoms with Crippen LogP contribution in [0.3, 0.4) is 0 Å². The van der Waals surface area contributed by atoms with E-state index in [2.05, 4.69) is 5.10 Å². The van der Waals surface area contributed by atoms with Crippen molar-refractivity contribution in [2.75, 3.05) is 0 Å². The zero-order chi connectivity index (χ0) is 18.4. The van der Waals surface area contributed by atoms with Crippen LogP contribution in [-0.2, 0) is 12.4 Å². The Morgan fingerprint density at radius 2 is 1.46 bits per heavy atom. The van der Waals surface area contributed by atoms with Crippen molar-refractivity contribution in [2.45, 2.75) is 26.2 Å². The molecular weight excluding hydrogens is 342 g/mol. The van der Waals surface area contributed by atoms with Gasteiger partial charge in [-0.3, -0.25) is 14.7 Å². The first-order chi connectivity index (χ1) is 10.8. The Morgan fingerprint density at radius 1 is 1.00 bits per heavy atom. The molecule has 1 heterocycles. The number of nitrogens with zero attached hydrogens (tertiary/aromatic N) is 1. The quantitative estimate of drug-likeness (QED) is 0.662. The van der Waals surface area contributed by atoms with Gasteiger partial charge in [-0.1, -0.05) is 0 Å². The van der Waals surface area contributed by atoms with Crippen molar-refractivity contribution >= 4 is 5.78 Å². The van der Waals surface area contributed by atoms with Crippen LogP contribution in [0.25, 0.3) is 5.69 Å². The molecule has 4 nitrogen and oxygen atoms in total. The number of Topliss-reactive ketones (excluding diaryl/α,β-unsaturated/α-hetero) is 1. The maximum atomic E-state index is 12.8. The summed E-state index contributed by atoms with van der Waals surface area (Å²) >= 11 is 0. The van der Waals surface area contributed by atoms with E-state index in [0.29, 0.717) is 16.8 Å². The number of hydrogen-bond acceptors (Lipinski definition) is 2. The maximum absolute atomic E-state index is 12.8. The predicted octanol–water partition coefficient (Wildman–Crippen LogP) is 3.71. The highest BCUT2D eigenvalue weighted by Crippen LogP contribution is 2.36. The van der Waals surface area contributed by atoms with Gasteiger partial charge in [0.25, 0.3) is 5.56 Å². The van der Waals surface area contributed by atoms with E-state index in [9.17, 15) is 35.9 Å². The number of aromatic amines is 1. The number of H-pyrrole nitrogens is 1. The molecule has 0 spiro atoms. The lowest BCUT2D eigenvalue weighted by Gasteiger charge is -2.14. The number of carbonyl (C=O) groups is 1. The third kappa shape index (κ3) is 3.22. The summed E-state index contributed by atoms with van der Waals surface area (Å²) in [5.41, 5.74) is -5.10. The summed E-state index contributed by atoms with van der Waals surface area (Å²) in [7, 11) is 0. The highest BCUT2D eigenvalue weighted by atomic mass is 19.4. The number of aryl methyl sites for hydroxylation is 1. The second kappa shape index (κ2) is 5.53. The van der Waals surface area contributed by atoms with Crippen molar-refractivity contribution in [3.8, 4) is 5.69 Å². The number of nitrogens with one attached hydrogen (secondary N) is 1. The highest BCUT2D eigenvalue weighted by Gasteiger charge is 2.37. The molecule has 0 aliphatic carbocycles. The molecule has 1 aromatic carbocycles. The summed E-state index contributed by atoms with van der Waals surface area (Å²) in [4.78, 5) is 23.5. The third-order valence-electron chi connectivity index (χ3n) is 3.25. The van der Waals surface area contributed by atoms with Gasteiger partial charge in [0, 0.05) is 5.69 Å². The average molecular weight is 352 g/mol. The molecule has 0 radical (unpaired) electrons. The van der Waals surface area contributed by atoms with Gasteiger partial charge in [0.15, 0.2) is 5.78 Å². The molecule has 0 atom stereocenters. The molecule has 130 valence electrons. The van der Waals surface area contributed by atoms with E-state index in [4.69, 9.17) is 0 Å². The van der Waals surface area contributed by atoms with Gasteiger partial charge in [-0.15, -0.1) is 0 Å². The molecule has 0 amide bonds. The van der Waals surface area contributed by atoms with Gasteiger partial charge in [0.05, 0.1) is 16.8 Å². The number of halogens is 6. The van der Waals surface area contributed by atoms with E-state index < -0.39 is 40.5 Å². The summed E-state index contributed by atoms with van der Waals surface area (Å²) in [5, 5.41) is 2.32. The van der Waals surface area contributed by atoms with Crippen LogP contribution in [0.2, 0.25) is 0 Å². The molecule has 0 fully saturated rings. The molecular formula is C14H10F6N2O2. The Bertz CT molecular complexity index is 825. The van der Waals surface area contributed by atoms with Crippen molar-refractivity contribution in [3.63, 3.8) is 0 Å². The monoisotopic (exact) mass is 352 g/mol. The normalized spacial score (nSPS) is 12.5. The lowest BCUT2D eigenvalue weighted by Crippen LogP contribution is -2.21. The van der Waals surface area contributed by atoms with Gasteiger partial charge in [0.1, 0.15) is 5.56 Å². The number of benzene rings is 1. The highest BCUT2D eigenvalue weighted by molar-refractivity contribution is 5.94. The first-order valence-corrected chi connectivity index (χ1v) is 6.45. The van der Waals surface area contributed by atoms with Gasteiger partial charge < -0.3 is 0 Å². The summed E-state index contributed by atoms with van der Waals surface area (Å²) < 4.78 is 77.6. The standard InChI is InChI=1S/C14H10F6N2O2/c1-6-11(7(2)23)12(24)22(21-6)10-4-8(13(15,16)17)3-9(5-10)14(18,19)20/h3-5,21H,1-2H3. The number of alkyl halides is 6. The molecule has 24 heavy (non-hydrogen) atoms. The first kappa shape index (κ1) is 17.8. The lowest BCUT2D eigenvalue weighted by atomic mass is 10.1. The summed E-state index contributed by atoms with van der Waals surface area (Å²) in [6.45, 7) is 2.38. The van der Waals surface area contributed by atoms with Crippen LogP contribution in [0.5, 0.6) is 0 Å². The molecule has 0 saturated heterocycles. The number of aromatic nitrogens is 2. The fourth-order valence-electron chi connectivity index (χ4n) is 2.21. The minimum atomic E-state index is -5.04. The van der Waals surface area contributed by atoms with Gasteiger partial charge in [0.2, 0.25) is 0 Å². The van der Waals surface area contributed by atoms with E-state index in [0.717, 1.165) is 6.92 Å². The molecule has 0 saturated carbocycles. The second-order valence-electron chi connectivity index (χ2n) is 5.07. The fourth-order valence-corrected chi connectivity index (χ4v) is 2.21. The Balaban J connectivity index is 2.78. The average Bonchev–Trinajstić information content (AvgIpc) is 2.71. The molecule has 1 aromatic heterocycles. The van der Waals surface area contributed by atoms with Gasteiger partial charge in [-0.2, -0.15) is 26.3 Å². The number of rotatable bonds is 2. The van der Waals surface area contributed by atoms with Crippen molar-refractivity contribution in [2.24, 2.45) is 0 Å². The van der Waals surface area contributed by atoms with Crippen LogP contribution in [0.4, 0.5) is 26.3 Å². The van der Waals surface area contributed by atoms with E-state index in [-0.39, 0.29) is 17.3 Å². The molecule has 10 heteroatoms. The fraction of sp³-hybridized carbons (Fsp3) is 0.286. The SMILES string of the molecule is CC(=O)c1c(C)[nH]n(-c2cc(C(F)(F)F)cc(C(F)(F)F)c2)c1=O. The zero-order valence-electron chi connectivity index (χ0n) is 12.3. The van der Waals surface area contributed by atoms with Crippen molar-refractivity contribution in [3.05, 3.63) is 50.9 Å². The minimum Gasteiger partial charge on any atom is -0.295 e. The summed E-state index contributed by atoms with van der Waals surface area (Å²) in [6.07, 6.45) is -10.1. The van der Waals surface area contributed by atoms with Crippen LogP contribution in [0, 0.1) is 6.92 Å². The first-order valence-electron chi connectivity index (χ1n) is 6.45. The van der Waals surface area contributed by atoms with E-state index in [1.807, 2.05) is 0 Å². The molecule has 0 unspecified atom stereocenters. The van der Waals surface area contributed by atoms with E-state index >= 15 is 0 Å². The van der Waals surface area contributed by atoms with Crippen LogP contribution in [0.1, 0.15) is 34.1 Å². The van der Waals surface area contributed by atoms with Gasteiger partial charge in [-0.25, -0.2) is 4.68 Å². The van der Waals surface area contributed by atoms with Crippen molar-refractivity contribution in [1.29, 1.82) is 0 Å². The van der Waals surface area contributed by atoms with E-state index in [1.165, 1.54) is 6.92 Å². The number of hydrogen-bond donors (Lipinski definition) is 1. The van der Waals surface area contributed by atoms with E-state index in [1.54, 1.807) is 0 Å². The number of carbonyl (C=O) groups excluding carboxylic acids is 1. The van der Waals surface area contributed by atoms with Crippen molar-refractivity contribution < 1.29 is 31.1 Å². The summed E-state index contributed by atoms with van der Waals surface area (Å²) in [6, 6.07) is 0.753. The molecule has 0 aliphatic rings. The maximum Gasteiger partial charge on any atom is 0.416 e. The molecule has 0 bridgehead atoms. The topological polar surface area (TPSA) is 54.9 Å². The zero-order valence-corrected chi connectivity index (χ0v) is 12.3. The summed E-state index contributed by atoms with van der Waals surface area (Å²) in [5.74, 6) is -0.657. The third-order valence-corrected chi connectivity index (χ3v) is 3.25.